The number of thiazole rings is 1. The number of nitrogens with one attached hydrogen (secondary N) is 1. The summed E-state index contributed by atoms with van der Waals surface area (Å²) in [5, 5.41) is 8.65. The molecule has 0 saturated heterocycles. The minimum absolute atomic E-state index is 0.0803. The van der Waals surface area contributed by atoms with Gasteiger partial charge >= 0.3 is 0 Å². The first-order chi connectivity index (χ1) is 9.08. The maximum Gasteiger partial charge on any atom is 0.284 e. The smallest absolute Gasteiger partial charge is 0.284 e. The van der Waals surface area contributed by atoms with Crippen LogP contribution >= 0.6 is 11.3 Å². The Labute approximate surface area is 111 Å². The Kier molecular flexibility index (Phi) is 2.57. The van der Waals surface area contributed by atoms with Crippen molar-refractivity contribution in [2.75, 3.05) is 10.5 Å². The van der Waals surface area contributed by atoms with Gasteiger partial charge in [0.15, 0.2) is 10.8 Å². The lowest BCUT2D eigenvalue weighted by Crippen LogP contribution is -2.18. The standard InChI is InChI=1S/C8H7N7O2S2/c9-5-6(15-3-4-18-8(15)12-5)19(16,17)14-7-10-1-2-11-13-7/h1-4H,9H2,(H,10,13,14). The molecule has 0 saturated carbocycles. The van der Waals surface area contributed by atoms with Crippen molar-refractivity contribution in [2.24, 2.45) is 0 Å². The number of imidazole rings is 1. The molecule has 3 aromatic heterocycles. The summed E-state index contributed by atoms with van der Waals surface area (Å²) < 4.78 is 28.1. The highest BCUT2D eigenvalue weighted by Crippen LogP contribution is 2.24. The Morgan fingerprint density at radius 2 is 2.21 bits per heavy atom. The number of nitrogens with zero attached hydrogens (tertiary/aromatic N) is 5. The fourth-order valence-corrected chi connectivity index (χ4v) is 3.45. The van der Waals surface area contributed by atoms with E-state index in [1.54, 1.807) is 11.6 Å². The zero-order chi connectivity index (χ0) is 13.5. The average Bonchev–Trinajstić information content (AvgIpc) is 2.88. The molecule has 0 spiro atoms. The highest BCUT2D eigenvalue weighted by atomic mass is 32.2. The number of aromatic nitrogens is 5. The first-order valence-corrected chi connectivity index (χ1v) is 7.32. The van der Waals surface area contributed by atoms with E-state index < -0.39 is 10.0 Å². The average molecular weight is 297 g/mol. The molecule has 0 atom stereocenters. The molecule has 3 N–H and O–H groups in total. The third-order valence-electron chi connectivity index (χ3n) is 2.21. The van der Waals surface area contributed by atoms with E-state index >= 15 is 0 Å². The second kappa shape index (κ2) is 4.13. The number of anilines is 2. The lowest BCUT2D eigenvalue weighted by Gasteiger charge is -2.04. The van der Waals surface area contributed by atoms with E-state index in [1.165, 1.54) is 28.1 Å². The summed E-state index contributed by atoms with van der Waals surface area (Å²) in [5.74, 6) is -0.213. The molecule has 19 heavy (non-hydrogen) atoms. The molecule has 0 bridgehead atoms. The van der Waals surface area contributed by atoms with Crippen LogP contribution in [-0.2, 0) is 10.0 Å². The quantitative estimate of drug-likeness (QED) is 0.694. The van der Waals surface area contributed by atoms with Crippen LogP contribution in [0.3, 0.4) is 0 Å². The van der Waals surface area contributed by atoms with Crippen LogP contribution in [0.2, 0.25) is 0 Å². The third-order valence-corrected chi connectivity index (χ3v) is 4.33. The van der Waals surface area contributed by atoms with Crippen molar-refractivity contribution in [1.29, 1.82) is 0 Å². The van der Waals surface area contributed by atoms with Crippen molar-refractivity contribution >= 4 is 38.1 Å². The van der Waals surface area contributed by atoms with Crippen LogP contribution in [0.5, 0.6) is 0 Å². The van der Waals surface area contributed by atoms with E-state index in [1.807, 2.05) is 0 Å². The molecule has 3 aromatic rings. The van der Waals surface area contributed by atoms with Gasteiger partial charge in [-0.25, -0.2) is 14.7 Å². The van der Waals surface area contributed by atoms with E-state index in [0.717, 1.165) is 0 Å². The maximum absolute atomic E-state index is 12.2. The lowest BCUT2D eigenvalue weighted by molar-refractivity contribution is 0.596. The van der Waals surface area contributed by atoms with E-state index in [9.17, 15) is 8.42 Å². The molecule has 0 aliphatic carbocycles. The van der Waals surface area contributed by atoms with Gasteiger partial charge in [-0.3, -0.25) is 4.40 Å². The van der Waals surface area contributed by atoms with Crippen molar-refractivity contribution in [3.8, 4) is 0 Å². The van der Waals surface area contributed by atoms with E-state index in [2.05, 4.69) is 24.9 Å². The van der Waals surface area contributed by atoms with Gasteiger partial charge in [0, 0.05) is 11.6 Å². The summed E-state index contributed by atoms with van der Waals surface area (Å²) in [6, 6.07) is 0. The van der Waals surface area contributed by atoms with Gasteiger partial charge in [0.1, 0.15) is 0 Å². The summed E-state index contributed by atoms with van der Waals surface area (Å²) in [6.45, 7) is 0. The summed E-state index contributed by atoms with van der Waals surface area (Å²) >= 11 is 1.28. The van der Waals surface area contributed by atoms with Crippen LogP contribution in [0.1, 0.15) is 0 Å². The van der Waals surface area contributed by atoms with Gasteiger partial charge in [0.2, 0.25) is 5.03 Å². The van der Waals surface area contributed by atoms with Gasteiger partial charge in [0.05, 0.1) is 12.4 Å². The second-order valence-electron chi connectivity index (χ2n) is 3.43. The van der Waals surface area contributed by atoms with Crippen LogP contribution in [-0.4, -0.2) is 33.0 Å². The minimum Gasteiger partial charge on any atom is -0.381 e. The third kappa shape index (κ3) is 1.98. The van der Waals surface area contributed by atoms with E-state index in [-0.39, 0.29) is 16.8 Å². The zero-order valence-electron chi connectivity index (χ0n) is 9.26. The molecular weight excluding hydrogens is 290 g/mol. The summed E-state index contributed by atoms with van der Waals surface area (Å²) in [4.78, 5) is 8.19. The molecule has 0 aliphatic heterocycles. The molecule has 3 rings (SSSR count). The number of nitrogens with two attached hydrogens (primary N) is 1. The molecule has 0 radical (unpaired) electrons. The van der Waals surface area contributed by atoms with Crippen molar-refractivity contribution in [1.82, 2.24) is 24.6 Å². The van der Waals surface area contributed by atoms with Gasteiger partial charge in [0.25, 0.3) is 16.0 Å². The predicted molar refractivity (Wildman–Crippen MR) is 68.1 cm³/mol. The molecule has 9 nitrogen and oxygen atoms in total. The van der Waals surface area contributed by atoms with Crippen molar-refractivity contribution in [3.63, 3.8) is 0 Å². The number of sulfonamides is 1. The Balaban J connectivity index is 2.10. The predicted octanol–water partition coefficient (Wildman–Crippen LogP) is -0.0362. The lowest BCUT2D eigenvalue weighted by atomic mass is 10.8. The Morgan fingerprint density at radius 1 is 1.37 bits per heavy atom. The van der Waals surface area contributed by atoms with Crippen molar-refractivity contribution < 1.29 is 8.42 Å². The molecule has 11 heteroatoms. The Morgan fingerprint density at radius 3 is 2.95 bits per heavy atom. The SMILES string of the molecule is Nc1nc2sccn2c1S(=O)(=O)Nc1nccnn1. The number of hydrogen-bond donors (Lipinski definition) is 2. The molecule has 3 heterocycles. The summed E-state index contributed by atoms with van der Waals surface area (Å²) in [6.07, 6.45) is 4.23. The van der Waals surface area contributed by atoms with Crippen molar-refractivity contribution in [2.45, 2.75) is 5.03 Å². The summed E-state index contributed by atoms with van der Waals surface area (Å²) in [5.41, 5.74) is 5.64. The van der Waals surface area contributed by atoms with Crippen LogP contribution in [0.25, 0.3) is 4.96 Å². The van der Waals surface area contributed by atoms with E-state index in [4.69, 9.17) is 5.73 Å². The topological polar surface area (TPSA) is 128 Å². The van der Waals surface area contributed by atoms with Gasteiger partial charge in [-0.2, -0.15) is 13.5 Å². The normalized spacial score (nSPS) is 11.8. The fourth-order valence-electron chi connectivity index (χ4n) is 1.51. The molecule has 0 fully saturated rings. The number of rotatable bonds is 3. The Bertz CT molecular complexity index is 823. The molecule has 0 aromatic carbocycles. The largest absolute Gasteiger partial charge is 0.381 e. The molecular formula is C8H7N7O2S2. The van der Waals surface area contributed by atoms with Crippen molar-refractivity contribution in [3.05, 3.63) is 24.0 Å². The second-order valence-corrected chi connectivity index (χ2v) is 5.90. The minimum atomic E-state index is -3.93. The molecule has 0 amide bonds. The molecule has 0 aliphatic rings. The van der Waals surface area contributed by atoms with E-state index in [0.29, 0.717) is 4.96 Å². The van der Waals surface area contributed by atoms with Crippen LogP contribution in [0, 0.1) is 0 Å². The van der Waals surface area contributed by atoms with Crippen LogP contribution in [0.4, 0.5) is 11.8 Å². The Hall–Kier alpha value is -2.27. The van der Waals surface area contributed by atoms with Gasteiger partial charge in [-0.05, 0) is 0 Å². The van der Waals surface area contributed by atoms with Gasteiger partial charge in [-0.1, -0.05) is 0 Å². The monoisotopic (exact) mass is 297 g/mol. The van der Waals surface area contributed by atoms with Gasteiger partial charge < -0.3 is 5.73 Å². The molecule has 0 unspecified atom stereocenters. The van der Waals surface area contributed by atoms with Crippen LogP contribution in [0.15, 0.2) is 29.0 Å². The van der Waals surface area contributed by atoms with Gasteiger partial charge in [-0.15, -0.1) is 16.4 Å². The zero-order valence-corrected chi connectivity index (χ0v) is 10.9. The van der Waals surface area contributed by atoms with Crippen LogP contribution < -0.4 is 10.5 Å². The number of fused-ring (bicyclic) bond motifs is 1. The highest BCUT2D eigenvalue weighted by Gasteiger charge is 2.25. The number of hydrogen-bond acceptors (Lipinski definition) is 8. The number of nitrogen functional groups attached to an aromatic ring is 1. The molecule has 98 valence electrons. The summed E-state index contributed by atoms with van der Waals surface area (Å²) in [7, 11) is -3.93. The first-order valence-electron chi connectivity index (χ1n) is 4.95. The fraction of sp³-hybridized carbons (Fsp3) is 0. The first kappa shape index (κ1) is 11.8. The maximum atomic E-state index is 12.2. The highest BCUT2D eigenvalue weighted by molar-refractivity contribution is 7.92.